The van der Waals surface area contributed by atoms with Crippen LogP contribution >= 0.6 is 23.1 Å². The number of amides is 1. The molecule has 2 aromatic rings. The van der Waals surface area contributed by atoms with Crippen LogP contribution in [0.4, 0.5) is 0 Å². The summed E-state index contributed by atoms with van der Waals surface area (Å²) in [6, 6.07) is 0. The van der Waals surface area contributed by atoms with Crippen molar-refractivity contribution in [1.29, 1.82) is 0 Å². The van der Waals surface area contributed by atoms with Gasteiger partial charge in [0, 0.05) is 25.0 Å². The lowest BCUT2D eigenvalue weighted by molar-refractivity contribution is -0.129. The maximum atomic E-state index is 12.8. The molecule has 1 fully saturated rings. The number of piperidine rings is 1. The van der Waals surface area contributed by atoms with Crippen molar-refractivity contribution >= 4 is 39.2 Å². The van der Waals surface area contributed by atoms with E-state index in [9.17, 15) is 9.59 Å². The van der Waals surface area contributed by atoms with E-state index >= 15 is 0 Å². The highest BCUT2D eigenvalue weighted by atomic mass is 32.2. The van der Waals surface area contributed by atoms with Crippen molar-refractivity contribution < 1.29 is 4.79 Å². The zero-order valence-corrected chi connectivity index (χ0v) is 16.2. The first-order valence-electron chi connectivity index (χ1n) is 9.07. The van der Waals surface area contributed by atoms with Gasteiger partial charge < -0.3 is 4.90 Å². The van der Waals surface area contributed by atoms with Crippen molar-refractivity contribution in [2.45, 2.75) is 50.1 Å². The second-order valence-corrected chi connectivity index (χ2v) is 8.91. The van der Waals surface area contributed by atoms with Gasteiger partial charge in [-0.3, -0.25) is 14.2 Å². The van der Waals surface area contributed by atoms with Crippen molar-refractivity contribution in [3.8, 4) is 0 Å². The van der Waals surface area contributed by atoms with Crippen LogP contribution in [0, 0.1) is 0 Å². The maximum absolute atomic E-state index is 12.8. The molecule has 134 valence electrons. The molecule has 0 aromatic carbocycles. The molecule has 7 heteroatoms. The van der Waals surface area contributed by atoms with Crippen LogP contribution in [0.2, 0.25) is 0 Å². The van der Waals surface area contributed by atoms with Gasteiger partial charge in [0.05, 0.1) is 11.1 Å². The number of thioether (sulfide) groups is 1. The number of hydrogen-bond acceptors (Lipinski definition) is 5. The van der Waals surface area contributed by atoms with Crippen molar-refractivity contribution in [3.05, 3.63) is 20.8 Å². The smallest absolute Gasteiger partial charge is 0.262 e. The average Bonchev–Trinajstić information content (AvgIpc) is 3.02. The van der Waals surface area contributed by atoms with Crippen LogP contribution in [-0.4, -0.2) is 39.2 Å². The summed E-state index contributed by atoms with van der Waals surface area (Å²) in [6.45, 7) is 1.73. The zero-order chi connectivity index (χ0) is 17.4. The molecule has 4 rings (SSSR count). The first-order valence-corrected chi connectivity index (χ1v) is 10.9. The van der Waals surface area contributed by atoms with Crippen molar-refractivity contribution in [3.63, 3.8) is 0 Å². The SMILES string of the molecule is Cn1c(SCC(=O)N2CCCCC2)nc2sc3c(c2c1=O)CCCC3. The van der Waals surface area contributed by atoms with Crippen molar-refractivity contribution in [2.24, 2.45) is 7.05 Å². The Labute approximate surface area is 155 Å². The Kier molecular flexibility index (Phi) is 4.86. The van der Waals surface area contributed by atoms with E-state index in [1.807, 2.05) is 4.90 Å². The van der Waals surface area contributed by atoms with E-state index in [2.05, 4.69) is 0 Å². The van der Waals surface area contributed by atoms with E-state index in [4.69, 9.17) is 4.98 Å². The van der Waals surface area contributed by atoms with Crippen molar-refractivity contribution in [1.82, 2.24) is 14.5 Å². The normalized spacial score (nSPS) is 17.7. The molecule has 1 aliphatic heterocycles. The number of aromatic nitrogens is 2. The first-order chi connectivity index (χ1) is 12.1. The highest BCUT2D eigenvalue weighted by Gasteiger charge is 2.22. The molecule has 25 heavy (non-hydrogen) atoms. The molecule has 2 aliphatic rings. The Bertz CT molecular complexity index is 865. The Morgan fingerprint density at radius 3 is 2.72 bits per heavy atom. The molecule has 0 N–H and O–H groups in total. The van der Waals surface area contributed by atoms with Crippen LogP contribution < -0.4 is 5.56 Å². The Morgan fingerprint density at radius 2 is 1.92 bits per heavy atom. The number of carbonyl (C=O) groups excluding carboxylic acids is 1. The number of fused-ring (bicyclic) bond motifs is 3. The van der Waals surface area contributed by atoms with Crippen LogP contribution in [-0.2, 0) is 24.7 Å². The van der Waals surface area contributed by atoms with Gasteiger partial charge in [0.15, 0.2) is 5.16 Å². The summed E-state index contributed by atoms with van der Waals surface area (Å²) >= 11 is 3.06. The average molecular weight is 378 g/mol. The first kappa shape index (κ1) is 17.1. The second-order valence-electron chi connectivity index (χ2n) is 6.88. The van der Waals surface area contributed by atoms with Crippen LogP contribution in [0.25, 0.3) is 10.2 Å². The van der Waals surface area contributed by atoms with Crippen LogP contribution in [0.1, 0.15) is 42.5 Å². The standard InChI is InChI=1S/C18H23N3O2S2/c1-20-17(23)15-12-7-3-4-8-13(12)25-16(15)19-18(20)24-11-14(22)21-9-5-2-6-10-21/h2-11H2,1H3. The Balaban J connectivity index is 1.58. The molecule has 5 nitrogen and oxygen atoms in total. The quantitative estimate of drug-likeness (QED) is 0.610. The molecule has 0 saturated carbocycles. The number of hydrogen-bond donors (Lipinski definition) is 0. The predicted octanol–water partition coefficient (Wildman–Crippen LogP) is 2.98. The number of likely N-dealkylation sites (tertiary alicyclic amines) is 1. The van der Waals surface area contributed by atoms with E-state index in [0.717, 1.165) is 55.4 Å². The fraction of sp³-hybridized carbons (Fsp3) is 0.611. The summed E-state index contributed by atoms with van der Waals surface area (Å²) in [4.78, 5) is 34.1. The fourth-order valence-electron chi connectivity index (χ4n) is 3.76. The molecule has 0 unspecified atom stereocenters. The number of rotatable bonds is 3. The molecule has 1 saturated heterocycles. The number of carbonyl (C=O) groups is 1. The minimum absolute atomic E-state index is 0.0392. The van der Waals surface area contributed by atoms with E-state index in [0.29, 0.717) is 10.9 Å². The summed E-state index contributed by atoms with van der Waals surface area (Å²) in [6.07, 6.45) is 7.82. The van der Waals surface area contributed by atoms with Gasteiger partial charge in [-0.1, -0.05) is 11.8 Å². The van der Waals surface area contributed by atoms with Gasteiger partial charge in [0.25, 0.3) is 5.56 Å². The maximum Gasteiger partial charge on any atom is 0.262 e. The van der Waals surface area contributed by atoms with E-state index in [-0.39, 0.29) is 11.5 Å². The van der Waals surface area contributed by atoms with Gasteiger partial charge in [-0.05, 0) is 50.5 Å². The highest BCUT2D eigenvalue weighted by molar-refractivity contribution is 7.99. The van der Waals surface area contributed by atoms with Gasteiger partial charge in [-0.15, -0.1) is 11.3 Å². The van der Waals surface area contributed by atoms with Crippen LogP contribution in [0.5, 0.6) is 0 Å². The van der Waals surface area contributed by atoms with E-state index in [1.54, 1.807) is 23.0 Å². The van der Waals surface area contributed by atoms with Crippen LogP contribution in [0.15, 0.2) is 9.95 Å². The topological polar surface area (TPSA) is 55.2 Å². The van der Waals surface area contributed by atoms with Gasteiger partial charge >= 0.3 is 0 Å². The second kappa shape index (κ2) is 7.11. The lowest BCUT2D eigenvalue weighted by Crippen LogP contribution is -2.36. The summed E-state index contributed by atoms with van der Waals surface area (Å²) in [5.41, 5.74) is 1.26. The Hall–Kier alpha value is -1.34. The summed E-state index contributed by atoms with van der Waals surface area (Å²) < 4.78 is 1.62. The predicted molar refractivity (Wildman–Crippen MR) is 103 cm³/mol. The summed E-state index contributed by atoms with van der Waals surface area (Å²) in [7, 11) is 1.77. The van der Waals surface area contributed by atoms with E-state index < -0.39 is 0 Å². The molecular weight excluding hydrogens is 354 g/mol. The fourth-order valence-corrected chi connectivity index (χ4v) is 5.93. The number of nitrogens with zero attached hydrogens (tertiary/aromatic N) is 3. The molecule has 0 spiro atoms. The lowest BCUT2D eigenvalue weighted by atomic mass is 9.97. The summed E-state index contributed by atoms with van der Waals surface area (Å²) in [5.74, 6) is 0.515. The number of aryl methyl sites for hydroxylation is 2. The van der Waals surface area contributed by atoms with Gasteiger partial charge in [0.1, 0.15) is 4.83 Å². The van der Waals surface area contributed by atoms with Gasteiger partial charge in [0.2, 0.25) is 5.91 Å². The molecule has 3 heterocycles. The van der Waals surface area contributed by atoms with Crippen LogP contribution in [0.3, 0.4) is 0 Å². The highest BCUT2D eigenvalue weighted by Crippen LogP contribution is 2.34. The minimum Gasteiger partial charge on any atom is -0.342 e. The minimum atomic E-state index is 0.0392. The zero-order valence-electron chi connectivity index (χ0n) is 14.5. The largest absolute Gasteiger partial charge is 0.342 e. The monoisotopic (exact) mass is 377 g/mol. The lowest BCUT2D eigenvalue weighted by Gasteiger charge is -2.26. The third-order valence-corrected chi connectivity index (χ3v) is 7.39. The molecule has 0 radical (unpaired) electrons. The molecular formula is C18H23N3O2S2. The third-order valence-electron chi connectivity index (χ3n) is 5.19. The van der Waals surface area contributed by atoms with Gasteiger partial charge in [-0.2, -0.15) is 0 Å². The Morgan fingerprint density at radius 1 is 1.16 bits per heavy atom. The molecule has 0 bridgehead atoms. The van der Waals surface area contributed by atoms with E-state index in [1.165, 1.54) is 35.0 Å². The molecule has 1 amide bonds. The molecule has 1 aliphatic carbocycles. The third kappa shape index (κ3) is 3.24. The molecule has 2 aromatic heterocycles. The molecule has 0 atom stereocenters. The summed E-state index contributed by atoms with van der Waals surface area (Å²) in [5, 5.41) is 1.47. The number of thiophene rings is 1. The van der Waals surface area contributed by atoms with Gasteiger partial charge in [-0.25, -0.2) is 4.98 Å². The van der Waals surface area contributed by atoms with Crippen molar-refractivity contribution in [2.75, 3.05) is 18.8 Å².